The van der Waals surface area contributed by atoms with Crippen molar-refractivity contribution in [2.45, 2.75) is 13.8 Å². The van der Waals surface area contributed by atoms with Crippen LogP contribution in [0.1, 0.15) is 13.8 Å². The molecule has 0 unspecified atom stereocenters. The Labute approximate surface area is 111 Å². The van der Waals surface area contributed by atoms with Gasteiger partial charge in [-0.3, -0.25) is 10.4 Å². The van der Waals surface area contributed by atoms with Gasteiger partial charge in [-0.1, -0.05) is 6.07 Å². The highest BCUT2D eigenvalue weighted by Crippen LogP contribution is 2.21. The summed E-state index contributed by atoms with van der Waals surface area (Å²) in [5, 5.41) is 4.98. The lowest BCUT2D eigenvalue weighted by molar-refractivity contribution is -0.135. The van der Waals surface area contributed by atoms with Gasteiger partial charge in [0.1, 0.15) is 5.71 Å². The van der Waals surface area contributed by atoms with E-state index in [1.165, 1.54) is 0 Å². The number of benzene rings is 1. The van der Waals surface area contributed by atoms with Gasteiger partial charge in [-0.2, -0.15) is 5.10 Å². The molecule has 0 aliphatic heterocycles. The third-order valence-electron chi connectivity index (χ3n) is 2.56. The first-order chi connectivity index (χ1) is 9.22. The van der Waals surface area contributed by atoms with E-state index in [0.717, 1.165) is 16.6 Å². The SMILES string of the molecule is CCOC(=O)C(C)=NNc1cccc2ncccc12. The van der Waals surface area contributed by atoms with Gasteiger partial charge in [0, 0.05) is 11.6 Å². The second-order valence-electron chi connectivity index (χ2n) is 3.91. The smallest absolute Gasteiger partial charge is 0.354 e. The van der Waals surface area contributed by atoms with Crippen LogP contribution < -0.4 is 5.43 Å². The number of hydrogen-bond acceptors (Lipinski definition) is 5. The highest BCUT2D eigenvalue weighted by atomic mass is 16.5. The molecule has 0 bridgehead atoms. The molecule has 0 saturated heterocycles. The third kappa shape index (κ3) is 3.07. The minimum Gasteiger partial charge on any atom is -0.461 e. The van der Waals surface area contributed by atoms with Crippen LogP contribution in [-0.4, -0.2) is 23.3 Å². The Morgan fingerprint density at radius 2 is 2.21 bits per heavy atom. The van der Waals surface area contributed by atoms with Crippen LogP contribution in [0.4, 0.5) is 5.69 Å². The van der Waals surface area contributed by atoms with Crippen LogP contribution >= 0.6 is 0 Å². The maximum absolute atomic E-state index is 11.4. The van der Waals surface area contributed by atoms with E-state index in [9.17, 15) is 4.79 Å². The Hall–Kier alpha value is -2.43. The first kappa shape index (κ1) is 13.0. The van der Waals surface area contributed by atoms with Crippen molar-refractivity contribution in [2.75, 3.05) is 12.0 Å². The fourth-order valence-electron chi connectivity index (χ4n) is 1.63. The predicted octanol–water partition coefficient (Wildman–Crippen LogP) is 2.59. The number of anilines is 1. The van der Waals surface area contributed by atoms with Crippen molar-refractivity contribution in [1.29, 1.82) is 0 Å². The van der Waals surface area contributed by atoms with Crippen molar-refractivity contribution >= 4 is 28.3 Å². The maximum atomic E-state index is 11.4. The van der Waals surface area contributed by atoms with E-state index in [-0.39, 0.29) is 5.71 Å². The highest BCUT2D eigenvalue weighted by molar-refractivity contribution is 6.35. The number of pyridine rings is 1. The van der Waals surface area contributed by atoms with E-state index in [1.807, 2.05) is 30.3 Å². The molecule has 1 aromatic carbocycles. The van der Waals surface area contributed by atoms with Crippen LogP contribution in [0.15, 0.2) is 41.6 Å². The van der Waals surface area contributed by atoms with Crippen molar-refractivity contribution in [2.24, 2.45) is 5.10 Å². The summed E-state index contributed by atoms with van der Waals surface area (Å²) in [5.74, 6) is -0.423. The number of hydrogen-bond donors (Lipinski definition) is 1. The zero-order valence-corrected chi connectivity index (χ0v) is 10.9. The maximum Gasteiger partial charge on any atom is 0.354 e. The van der Waals surface area contributed by atoms with Crippen molar-refractivity contribution in [3.8, 4) is 0 Å². The van der Waals surface area contributed by atoms with Gasteiger partial charge >= 0.3 is 5.97 Å². The molecule has 0 aliphatic rings. The first-order valence-electron chi connectivity index (χ1n) is 6.03. The van der Waals surface area contributed by atoms with Gasteiger partial charge in [-0.05, 0) is 38.1 Å². The van der Waals surface area contributed by atoms with Crippen LogP contribution in [0.25, 0.3) is 10.9 Å². The molecule has 1 aromatic heterocycles. The second kappa shape index (κ2) is 5.95. The van der Waals surface area contributed by atoms with Gasteiger partial charge in [-0.15, -0.1) is 0 Å². The van der Waals surface area contributed by atoms with E-state index in [4.69, 9.17) is 4.74 Å². The lowest BCUT2D eigenvalue weighted by Crippen LogP contribution is -2.15. The number of hydrazone groups is 1. The van der Waals surface area contributed by atoms with Crippen molar-refractivity contribution in [3.63, 3.8) is 0 Å². The first-order valence-corrected chi connectivity index (χ1v) is 6.03. The number of nitrogens with one attached hydrogen (secondary N) is 1. The van der Waals surface area contributed by atoms with E-state index >= 15 is 0 Å². The Bertz CT molecular complexity index is 618. The molecule has 1 N–H and O–H groups in total. The molecule has 2 aromatic rings. The Morgan fingerprint density at radius 3 is 3.00 bits per heavy atom. The monoisotopic (exact) mass is 257 g/mol. The summed E-state index contributed by atoms with van der Waals surface area (Å²) in [6, 6.07) is 9.48. The minimum absolute atomic E-state index is 0.280. The largest absolute Gasteiger partial charge is 0.461 e. The number of aromatic nitrogens is 1. The highest BCUT2D eigenvalue weighted by Gasteiger charge is 2.06. The molecule has 0 spiro atoms. The number of carbonyl (C=O) groups excluding carboxylic acids is 1. The number of esters is 1. The van der Waals surface area contributed by atoms with Crippen LogP contribution in [0.5, 0.6) is 0 Å². The van der Waals surface area contributed by atoms with Gasteiger partial charge in [-0.25, -0.2) is 4.79 Å². The van der Waals surface area contributed by atoms with Gasteiger partial charge in [0.25, 0.3) is 0 Å². The van der Waals surface area contributed by atoms with Gasteiger partial charge in [0.05, 0.1) is 17.8 Å². The van der Waals surface area contributed by atoms with Gasteiger partial charge in [0.15, 0.2) is 0 Å². The molecule has 19 heavy (non-hydrogen) atoms. The summed E-state index contributed by atoms with van der Waals surface area (Å²) >= 11 is 0. The zero-order chi connectivity index (χ0) is 13.7. The van der Waals surface area contributed by atoms with Crippen LogP contribution in [0.2, 0.25) is 0 Å². The molecule has 0 aliphatic carbocycles. The standard InChI is InChI=1S/C14H15N3O2/c1-3-19-14(18)10(2)16-17-13-8-4-7-12-11(13)6-5-9-15-12/h4-9,17H,3H2,1-2H3. The molecule has 0 saturated carbocycles. The average Bonchev–Trinajstić information content (AvgIpc) is 2.45. The van der Waals surface area contributed by atoms with Crippen LogP contribution in [0, 0.1) is 0 Å². The molecule has 1 heterocycles. The van der Waals surface area contributed by atoms with E-state index in [0.29, 0.717) is 6.61 Å². The fraction of sp³-hybridized carbons (Fsp3) is 0.214. The third-order valence-corrected chi connectivity index (χ3v) is 2.56. The van der Waals surface area contributed by atoms with Crippen molar-refractivity contribution < 1.29 is 9.53 Å². The molecule has 0 atom stereocenters. The molecule has 0 amide bonds. The normalized spacial score (nSPS) is 11.4. The Balaban J connectivity index is 2.22. The second-order valence-corrected chi connectivity index (χ2v) is 3.91. The molecule has 98 valence electrons. The molecular weight excluding hydrogens is 242 g/mol. The zero-order valence-electron chi connectivity index (χ0n) is 10.9. The quantitative estimate of drug-likeness (QED) is 0.519. The number of rotatable bonds is 4. The van der Waals surface area contributed by atoms with Crippen molar-refractivity contribution in [1.82, 2.24) is 4.98 Å². The average molecular weight is 257 g/mol. The van der Waals surface area contributed by atoms with Crippen molar-refractivity contribution in [3.05, 3.63) is 36.5 Å². The van der Waals surface area contributed by atoms with Gasteiger partial charge < -0.3 is 4.74 Å². The minimum atomic E-state index is -0.423. The molecule has 2 rings (SSSR count). The predicted molar refractivity (Wildman–Crippen MR) is 75.1 cm³/mol. The molecule has 5 heteroatoms. The summed E-state index contributed by atoms with van der Waals surface area (Å²) in [4.78, 5) is 15.7. The summed E-state index contributed by atoms with van der Waals surface area (Å²) in [6.45, 7) is 3.70. The number of ether oxygens (including phenoxy) is 1. The molecule has 5 nitrogen and oxygen atoms in total. The fourth-order valence-corrected chi connectivity index (χ4v) is 1.63. The van der Waals surface area contributed by atoms with E-state index in [2.05, 4.69) is 15.5 Å². The Morgan fingerprint density at radius 1 is 1.37 bits per heavy atom. The molecule has 0 fully saturated rings. The van der Waals surface area contributed by atoms with Crippen LogP contribution in [-0.2, 0) is 9.53 Å². The number of nitrogens with zero attached hydrogens (tertiary/aromatic N) is 2. The lowest BCUT2D eigenvalue weighted by Gasteiger charge is -2.06. The summed E-state index contributed by atoms with van der Waals surface area (Å²) < 4.78 is 4.86. The summed E-state index contributed by atoms with van der Waals surface area (Å²) in [7, 11) is 0. The lowest BCUT2D eigenvalue weighted by atomic mass is 10.2. The summed E-state index contributed by atoms with van der Waals surface area (Å²) in [6.07, 6.45) is 1.74. The van der Waals surface area contributed by atoms with Crippen LogP contribution in [0.3, 0.4) is 0 Å². The molecular formula is C14H15N3O2. The number of fused-ring (bicyclic) bond motifs is 1. The van der Waals surface area contributed by atoms with E-state index < -0.39 is 5.97 Å². The number of carbonyl (C=O) groups is 1. The summed E-state index contributed by atoms with van der Waals surface area (Å²) in [5.41, 5.74) is 4.83. The topological polar surface area (TPSA) is 63.6 Å². The molecule has 0 radical (unpaired) electrons. The van der Waals surface area contributed by atoms with E-state index in [1.54, 1.807) is 20.0 Å². The Kier molecular flexibility index (Phi) is 4.07. The van der Waals surface area contributed by atoms with Gasteiger partial charge in [0.2, 0.25) is 0 Å².